The lowest BCUT2D eigenvalue weighted by atomic mass is 10.2. The van der Waals surface area contributed by atoms with Crippen molar-refractivity contribution >= 4 is 12.1 Å². The Kier molecular flexibility index (Phi) is 9.52. The van der Waals surface area contributed by atoms with Crippen LogP contribution in [0.25, 0.3) is 0 Å². The third-order valence-corrected chi connectivity index (χ3v) is 3.54. The molecule has 0 aromatic rings. The maximum absolute atomic E-state index is 10.9. The average molecular weight is 316 g/mol. The number of piperazine rings is 1. The lowest BCUT2D eigenvalue weighted by molar-refractivity contribution is -0.148. The van der Waals surface area contributed by atoms with Crippen molar-refractivity contribution in [3.63, 3.8) is 0 Å². The number of hydrogen-bond acceptors (Lipinski definition) is 7. The summed E-state index contributed by atoms with van der Waals surface area (Å²) in [5, 5.41) is 2.69. The minimum atomic E-state index is -0.368. The Morgan fingerprint density at radius 1 is 1.00 bits per heavy atom. The van der Waals surface area contributed by atoms with E-state index in [1.807, 2.05) is 0 Å². The van der Waals surface area contributed by atoms with E-state index in [0.717, 1.165) is 52.1 Å². The third kappa shape index (κ3) is 8.81. The van der Waals surface area contributed by atoms with Crippen molar-refractivity contribution in [2.24, 2.45) is 0 Å². The van der Waals surface area contributed by atoms with Gasteiger partial charge in [-0.1, -0.05) is 0 Å². The number of methoxy groups -OCH3 is 1. The molecular formula is C14H28N4O4. The van der Waals surface area contributed by atoms with E-state index in [-0.39, 0.29) is 12.1 Å². The van der Waals surface area contributed by atoms with Crippen LogP contribution in [0.1, 0.15) is 19.8 Å². The molecule has 0 aliphatic carbocycles. The van der Waals surface area contributed by atoms with Crippen LogP contribution in [0.5, 0.6) is 0 Å². The quantitative estimate of drug-likeness (QED) is 0.450. The molecule has 0 atom stereocenters. The van der Waals surface area contributed by atoms with E-state index >= 15 is 0 Å². The minimum absolute atomic E-state index is 0.310. The number of alkyl carbamates (subject to hydrolysis) is 1. The fraction of sp³-hybridized carbons (Fsp3) is 0.857. The number of rotatable bonds is 9. The summed E-state index contributed by atoms with van der Waals surface area (Å²) in [6, 6.07) is 0. The summed E-state index contributed by atoms with van der Waals surface area (Å²) >= 11 is 0. The molecule has 1 aliphatic heterocycles. The molecule has 8 nitrogen and oxygen atoms in total. The summed E-state index contributed by atoms with van der Waals surface area (Å²) < 4.78 is 4.52. The zero-order valence-corrected chi connectivity index (χ0v) is 13.6. The van der Waals surface area contributed by atoms with E-state index in [2.05, 4.69) is 30.2 Å². The maximum Gasteiger partial charge on any atom is 0.406 e. The van der Waals surface area contributed by atoms with Crippen LogP contribution in [0.2, 0.25) is 0 Å². The molecule has 1 aliphatic rings. The number of hydrogen-bond donors (Lipinski definition) is 2. The minimum Gasteiger partial charge on any atom is -0.453 e. The highest BCUT2D eigenvalue weighted by molar-refractivity contribution is 5.66. The Bertz CT molecular complexity index is 333. The van der Waals surface area contributed by atoms with Gasteiger partial charge in [0.15, 0.2) is 0 Å². The first-order chi connectivity index (χ1) is 10.6. The molecular weight excluding hydrogens is 288 g/mol. The van der Waals surface area contributed by atoms with Crippen molar-refractivity contribution in [2.75, 3.05) is 59.5 Å². The standard InChI is InChI=1S/C14H28N4O4/c1-13(19)22-16-6-4-8-18-11-9-17(10-12-18)7-3-5-15-14(20)21-2/h16H,3-12H2,1-2H3,(H,15,20). The summed E-state index contributed by atoms with van der Waals surface area (Å²) in [6.07, 6.45) is 1.52. The first-order valence-electron chi connectivity index (χ1n) is 7.78. The largest absolute Gasteiger partial charge is 0.453 e. The molecule has 8 heteroatoms. The Morgan fingerprint density at radius 3 is 2.05 bits per heavy atom. The van der Waals surface area contributed by atoms with Gasteiger partial charge < -0.3 is 24.7 Å². The second kappa shape index (κ2) is 11.2. The van der Waals surface area contributed by atoms with Crippen LogP contribution in [0.3, 0.4) is 0 Å². The van der Waals surface area contributed by atoms with Gasteiger partial charge in [-0.05, 0) is 25.9 Å². The van der Waals surface area contributed by atoms with Crippen LogP contribution in [-0.2, 0) is 14.4 Å². The van der Waals surface area contributed by atoms with E-state index in [0.29, 0.717) is 13.1 Å². The van der Waals surface area contributed by atoms with Gasteiger partial charge in [-0.15, -0.1) is 0 Å². The number of nitrogens with one attached hydrogen (secondary N) is 2. The van der Waals surface area contributed by atoms with Crippen LogP contribution in [0.4, 0.5) is 4.79 Å². The van der Waals surface area contributed by atoms with Crippen molar-refractivity contribution in [1.29, 1.82) is 0 Å². The number of amides is 1. The molecule has 1 rings (SSSR count). The van der Waals surface area contributed by atoms with Crippen molar-refractivity contribution < 1.29 is 19.2 Å². The van der Waals surface area contributed by atoms with Gasteiger partial charge in [-0.25, -0.2) is 4.79 Å². The van der Waals surface area contributed by atoms with Crippen molar-refractivity contribution in [3.05, 3.63) is 0 Å². The van der Waals surface area contributed by atoms with Gasteiger partial charge in [0.2, 0.25) is 0 Å². The van der Waals surface area contributed by atoms with Crippen molar-refractivity contribution in [2.45, 2.75) is 19.8 Å². The molecule has 0 aromatic heterocycles. The highest BCUT2D eigenvalue weighted by Crippen LogP contribution is 2.03. The lowest BCUT2D eigenvalue weighted by Gasteiger charge is -2.34. The van der Waals surface area contributed by atoms with E-state index < -0.39 is 0 Å². The molecule has 1 amide bonds. The lowest BCUT2D eigenvalue weighted by Crippen LogP contribution is -2.47. The van der Waals surface area contributed by atoms with E-state index in [4.69, 9.17) is 0 Å². The van der Waals surface area contributed by atoms with Crippen LogP contribution in [-0.4, -0.2) is 81.3 Å². The molecule has 22 heavy (non-hydrogen) atoms. The van der Waals surface area contributed by atoms with Crippen molar-refractivity contribution in [1.82, 2.24) is 20.6 Å². The summed E-state index contributed by atoms with van der Waals surface area (Å²) in [7, 11) is 1.37. The van der Waals surface area contributed by atoms with Gasteiger partial charge >= 0.3 is 12.1 Å². The number of nitrogens with zero attached hydrogens (tertiary/aromatic N) is 2. The molecule has 0 spiro atoms. The third-order valence-electron chi connectivity index (χ3n) is 3.54. The molecule has 0 saturated carbocycles. The highest BCUT2D eigenvalue weighted by Gasteiger charge is 2.15. The van der Waals surface area contributed by atoms with E-state index in [9.17, 15) is 9.59 Å². The van der Waals surface area contributed by atoms with Gasteiger partial charge in [-0.3, -0.25) is 4.79 Å². The fourth-order valence-electron chi connectivity index (χ4n) is 2.33. The first kappa shape index (κ1) is 18.7. The molecule has 0 radical (unpaired) electrons. The predicted molar refractivity (Wildman–Crippen MR) is 82.3 cm³/mol. The average Bonchev–Trinajstić information content (AvgIpc) is 2.52. The predicted octanol–water partition coefficient (Wildman–Crippen LogP) is -0.192. The highest BCUT2D eigenvalue weighted by atomic mass is 16.7. The summed E-state index contributed by atoms with van der Waals surface area (Å²) in [6.45, 7) is 8.92. The molecule has 0 aromatic carbocycles. The molecule has 128 valence electrons. The van der Waals surface area contributed by atoms with Crippen LogP contribution in [0, 0.1) is 0 Å². The second-order valence-corrected chi connectivity index (χ2v) is 5.30. The normalized spacial score (nSPS) is 16.3. The molecule has 1 fully saturated rings. The molecule has 0 unspecified atom stereocenters. The van der Waals surface area contributed by atoms with Gasteiger partial charge in [-0.2, -0.15) is 5.48 Å². The second-order valence-electron chi connectivity index (χ2n) is 5.30. The first-order valence-corrected chi connectivity index (χ1v) is 7.78. The van der Waals surface area contributed by atoms with Crippen LogP contribution >= 0.6 is 0 Å². The van der Waals surface area contributed by atoms with Gasteiger partial charge in [0.1, 0.15) is 0 Å². The number of carbonyl (C=O) groups is 2. The summed E-state index contributed by atoms with van der Waals surface area (Å²) in [4.78, 5) is 31.0. The Hall–Kier alpha value is -1.38. The molecule has 0 bridgehead atoms. The number of carbonyl (C=O) groups excluding carboxylic acids is 2. The number of hydroxylamine groups is 1. The molecule has 1 saturated heterocycles. The zero-order chi connectivity index (χ0) is 16.2. The summed E-state index contributed by atoms with van der Waals surface area (Å²) in [5.41, 5.74) is 2.65. The zero-order valence-electron chi connectivity index (χ0n) is 13.6. The maximum atomic E-state index is 10.9. The van der Waals surface area contributed by atoms with Crippen LogP contribution < -0.4 is 10.8 Å². The Labute approximate surface area is 132 Å². The fourth-order valence-corrected chi connectivity index (χ4v) is 2.33. The van der Waals surface area contributed by atoms with E-state index in [1.165, 1.54) is 14.0 Å². The smallest absolute Gasteiger partial charge is 0.406 e. The number of ether oxygens (including phenoxy) is 1. The Morgan fingerprint density at radius 2 is 1.55 bits per heavy atom. The van der Waals surface area contributed by atoms with Crippen LogP contribution in [0.15, 0.2) is 0 Å². The Balaban J connectivity index is 1.96. The monoisotopic (exact) mass is 316 g/mol. The molecule has 1 heterocycles. The van der Waals surface area contributed by atoms with Crippen molar-refractivity contribution in [3.8, 4) is 0 Å². The van der Waals surface area contributed by atoms with E-state index in [1.54, 1.807) is 0 Å². The van der Waals surface area contributed by atoms with Gasteiger partial charge in [0.05, 0.1) is 7.11 Å². The SMILES string of the molecule is COC(=O)NCCCN1CCN(CCCNOC(C)=O)CC1. The summed E-state index contributed by atoms with van der Waals surface area (Å²) in [5.74, 6) is -0.310. The van der Waals surface area contributed by atoms with Gasteiger partial charge in [0.25, 0.3) is 0 Å². The topological polar surface area (TPSA) is 83.1 Å². The molecule has 2 N–H and O–H groups in total. The van der Waals surface area contributed by atoms with Gasteiger partial charge in [0, 0.05) is 46.2 Å².